The normalized spacial score (nSPS) is 18.6. The summed E-state index contributed by atoms with van der Waals surface area (Å²) >= 11 is 1.22. The molecule has 5 rings (SSSR count). The Morgan fingerprint density at radius 3 is 2.36 bits per heavy atom. The van der Waals surface area contributed by atoms with Crippen molar-refractivity contribution >= 4 is 40.1 Å². The van der Waals surface area contributed by atoms with Gasteiger partial charge < -0.3 is 14.8 Å². The molecule has 0 fully saturated rings. The predicted molar refractivity (Wildman–Crippen MR) is 150 cm³/mol. The summed E-state index contributed by atoms with van der Waals surface area (Å²) in [6.07, 6.45) is 0.499. The number of aliphatic imine (C=N–C) groups is 1. The Kier molecular flexibility index (Phi) is 7.65. The number of hydrogen-bond acceptors (Lipinski definition) is 7. The summed E-state index contributed by atoms with van der Waals surface area (Å²) in [4.78, 5) is 30.0. The van der Waals surface area contributed by atoms with Crippen LogP contribution in [-0.4, -0.2) is 47.2 Å². The van der Waals surface area contributed by atoms with E-state index in [1.807, 2.05) is 31.2 Å². The Bertz CT molecular complexity index is 1430. The zero-order valence-electron chi connectivity index (χ0n) is 21.7. The number of anilines is 1. The second-order valence-electron chi connectivity index (χ2n) is 9.22. The van der Waals surface area contributed by atoms with Crippen LogP contribution in [0.2, 0.25) is 0 Å². The zero-order chi connectivity index (χ0) is 27.5. The Morgan fingerprint density at radius 1 is 1.05 bits per heavy atom. The van der Waals surface area contributed by atoms with Crippen molar-refractivity contribution in [1.29, 1.82) is 0 Å². The lowest BCUT2D eigenvalue weighted by molar-refractivity contribution is -0.121. The van der Waals surface area contributed by atoms with Crippen molar-refractivity contribution in [3.05, 3.63) is 89.2 Å². The molecule has 0 radical (unpaired) electrons. The number of aryl methyl sites for hydroxylation is 1. The lowest BCUT2D eigenvalue weighted by Gasteiger charge is -2.23. The van der Waals surface area contributed by atoms with Gasteiger partial charge in [0.2, 0.25) is 5.91 Å². The summed E-state index contributed by atoms with van der Waals surface area (Å²) in [7, 11) is 3.05. The lowest BCUT2D eigenvalue weighted by Crippen LogP contribution is -2.25. The number of rotatable bonds is 7. The average molecular weight is 547 g/mol. The molecule has 0 aliphatic carbocycles. The van der Waals surface area contributed by atoms with Gasteiger partial charge in [-0.2, -0.15) is 10.1 Å². The van der Waals surface area contributed by atoms with Crippen LogP contribution < -0.4 is 14.8 Å². The van der Waals surface area contributed by atoms with E-state index in [0.717, 1.165) is 22.4 Å². The highest BCUT2D eigenvalue weighted by Crippen LogP contribution is 2.39. The fraction of sp³-hybridized carbons (Fsp3) is 0.241. The number of thioether (sulfide) groups is 1. The van der Waals surface area contributed by atoms with Gasteiger partial charge in [0.25, 0.3) is 5.91 Å². The van der Waals surface area contributed by atoms with Crippen LogP contribution >= 0.6 is 11.8 Å². The maximum Gasteiger partial charge on any atom is 0.262 e. The molecule has 0 saturated carbocycles. The number of nitrogens with zero attached hydrogens (tertiary/aromatic N) is 3. The van der Waals surface area contributed by atoms with Gasteiger partial charge in [0.1, 0.15) is 22.6 Å². The van der Waals surface area contributed by atoms with Crippen LogP contribution in [0, 0.1) is 12.7 Å². The Balaban J connectivity index is 1.33. The first-order valence-corrected chi connectivity index (χ1v) is 13.2. The van der Waals surface area contributed by atoms with Crippen molar-refractivity contribution in [3.8, 4) is 11.5 Å². The molecule has 10 heteroatoms. The third kappa shape index (κ3) is 5.96. The van der Waals surface area contributed by atoms with Gasteiger partial charge in [-0.1, -0.05) is 53.7 Å². The van der Waals surface area contributed by atoms with E-state index in [-0.39, 0.29) is 30.1 Å². The van der Waals surface area contributed by atoms with E-state index < -0.39 is 5.25 Å². The predicted octanol–water partition coefficient (Wildman–Crippen LogP) is 5.33. The minimum Gasteiger partial charge on any atom is -0.497 e. The van der Waals surface area contributed by atoms with Gasteiger partial charge >= 0.3 is 0 Å². The Labute approximate surface area is 229 Å². The minimum atomic E-state index is -0.684. The van der Waals surface area contributed by atoms with Gasteiger partial charge in [0.05, 0.1) is 26.0 Å². The summed E-state index contributed by atoms with van der Waals surface area (Å²) in [6.45, 7) is 2.02. The highest BCUT2D eigenvalue weighted by Gasteiger charge is 2.39. The van der Waals surface area contributed by atoms with E-state index in [4.69, 9.17) is 14.6 Å². The van der Waals surface area contributed by atoms with Gasteiger partial charge in [-0.3, -0.25) is 9.59 Å². The summed E-state index contributed by atoms with van der Waals surface area (Å²) in [5, 5.41) is 9.11. The Hall–Kier alpha value is -4.18. The maximum absolute atomic E-state index is 13.5. The molecular weight excluding hydrogens is 519 g/mol. The molecule has 0 aromatic heterocycles. The maximum atomic E-state index is 13.5. The molecular formula is C29H27FN4O4S. The molecule has 0 spiro atoms. The molecule has 39 heavy (non-hydrogen) atoms. The molecule has 2 amide bonds. The standard InChI is InChI=1S/C29H27FN4O4S/c1-17-4-6-19(7-5-17)25-15-24(18-8-10-20(30)11-9-18)33-34(25)29-32-28(36)26(39-29)16-27(35)31-21-12-22(37-2)14-23(13-21)38-3/h4-14,25-26H,15-16H2,1-3H3,(H,31,35)/t25-,26-/m0/s1. The van der Waals surface area contributed by atoms with Gasteiger partial charge in [0.15, 0.2) is 5.17 Å². The molecule has 0 saturated heterocycles. The van der Waals surface area contributed by atoms with Crippen LogP contribution in [0.1, 0.15) is 35.6 Å². The van der Waals surface area contributed by atoms with E-state index >= 15 is 0 Å². The molecule has 2 atom stereocenters. The molecule has 200 valence electrons. The lowest BCUT2D eigenvalue weighted by atomic mass is 9.98. The van der Waals surface area contributed by atoms with Crippen molar-refractivity contribution in [2.75, 3.05) is 19.5 Å². The first-order valence-electron chi connectivity index (χ1n) is 12.3. The molecule has 2 aliphatic heterocycles. The van der Waals surface area contributed by atoms with Crippen LogP contribution in [-0.2, 0) is 9.59 Å². The number of methoxy groups -OCH3 is 2. The number of carbonyl (C=O) groups excluding carboxylic acids is 2. The molecule has 0 bridgehead atoms. The first kappa shape index (κ1) is 26.4. The number of hydrazone groups is 1. The number of ether oxygens (including phenoxy) is 2. The van der Waals surface area contributed by atoms with E-state index in [0.29, 0.717) is 28.8 Å². The molecule has 0 unspecified atom stereocenters. The largest absolute Gasteiger partial charge is 0.497 e. The number of amidine groups is 1. The van der Waals surface area contributed by atoms with Crippen molar-refractivity contribution < 1.29 is 23.5 Å². The highest BCUT2D eigenvalue weighted by atomic mass is 32.2. The number of benzene rings is 3. The third-order valence-electron chi connectivity index (χ3n) is 6.48. The molecule has 2 heterocycles. The minimum absolute atomic E-state index is 0.0619. The number of carbonyl (C=O) groups is 2. The topological polar surface area (TPSA) is 92.6 Å². The van der Waals surface area contributed by atoms with Gasteiger partial charge in [-0.05, 0) is 30.2 Å². The van der Waals surface area contributed by atoms with E-state index in [1.165, 1.54) is 38.1 Å². The summed E-state index contributed by atoms with van der Waals surface area (Å²) in [5.74, 6) is 0.0281. The van der Waals surface area contributed by atoms with Crippen molar-refractivity contribution in [2.45, 2.75) is 31.1 Å². The molecule has 8 nitrogen and oxygen atoms in total. The average Bonchev–Trinajstić information content (AvgIpc) is 3.53. The molecule has 3 aromatic carbocycles. The monoisotopic (exact) mass is 546 g/mol. The molecule has 1 N–H and O–H groups in total. The van der Waals surface area contributed by atoms with E-state index in [9.17, 15) is 14.0 Å². The van der Waals surface area contributed by atoms with Crippen molar-refractivity contribution in [3.63, 3.8) is 0 Å². The van der Waals surface area contributed by atoms with Gasteiger partial charge in [-0.25, -0.2) is 9.40 Å². The number of halogens is 1. The van der Waals surface area contributed by atoms with Crippen LogP contribution in [0.3, 0.4) is 0 Å². The summed E-state index contributed by atoms with van der Waals surface area (Å²) in [5.41, 5.74) is 4.22. The van der Waals surface area contributed by atoms with E-state index in [2.05, 4.69) is 10.3 Å². The number of amides is 2. The smallest absolute Gasteiger partial charge is 0.262 e. The summed E-state index contributed by atoms with van der Waals surface area (Å²) < 4.78 is 24.0. The molecule has 2 aliphatic rings. The van der Waals surface area contributed by atoms with Crippen LogP contribution in [0.4, 0.5) is 10.1 Å². The Morgan fingerprint density at radius 2 is 1.72 bits per heavy atom. The van der Waals surface area contributed by atoms with Gasteiger partial charge in [0, 0.05) is 36.7 Å². The van der Waals surface area contributed by atoms with Crippen LogP contribution in [0.5, 0.6) is 11.5 Å². The van der Waals surface area contributed by atoms with Crippen molar-refractivity contribution in [1.82, 2.24) is 5.01 Å². The first-order chi connectivity index (χ1) is 18.8. The quantitative estimate of drug-likeness (QED) is 0.431. The van der Waals surface area contributed by atoms with Crippen molar-refractivity contribution in [2.24, 2.45) is 10.1 Å². The fourth-order valence-electron chi connectivity index (χ4n) is 4.42. The summed E-state index contributed by atoms with van der Waals surface area (Å²) in [6, 6.07) is 19.2. The number of nitrogens with one attached hydrogen (secondary N) is 1. The fourth-order valence-corrected chi connectivity index (χ4v) is 5.48. The second-order valence-corrected chi connectivity index (χ2v) is 10.4. The zero-order valence-corrected chi connectivity index (χ0v) is 22.5. The highest BCUT2D eigenvalue weighted by molar-refractivity contribution is 8.15. The van der Waals surface area contributed by atoms with E-state index in [1.54, 1.807) is 35.3 Å². The van der Waals surface area contributed by atoms with Crippen LogP contribution in [0.15, 0.2) is 76.8 Å². The third-order valence-corrected chi connectivity index (χ3v) is 7.62. The van der Waals surface area contributed by atoms with Gasteiger partial charge in [-0.15, -0.1) is 0 Å². The van der Waals surface area contributed by atoms with Crippen LogP contribution in [0.25, 0.3) is 0 Å². The number of hydrogen-bond donors (Lipinski definition) is 1. The SMILES string of the molecule is COc1cc(NC(=O)C[C@@H]2SC(N3N=C(c4ccc(F)cc4)C[C@H]3c3ccc(C)cc3)=NC2=O)cc(OC)c1. The molecule has 3 aromatic rings. The second kappa shape index (κ2) is 11.3.